The van der Waals surface area contributed by atoms with Crippen LogP contribution in [0.4, 0.5) is 0 Å². The fourth-order valence-electron chi connectivity index (χ4n) is 3.06. The number of carbonyl (C=O) groups is 1. The molecule has 17 heavy (non-hydrogen) atoms. The molecule has 2 N–H and O–H groups in total. The van der Waals surface area contributed by atoms with Gasteiger partial charge in [-0.25, -0.2) is 0 Å². The van der Waals surface area contributed by atoms with Crippen molar-refractivity contribution in [2.24, 2.45) is 5.73 Å². The number of carbonyl (C=O) groups excluding carboxylic acids is 1. The van der Waals surface area contributed by atoms with E-state index in [1.54, 1.807) is 6.92 Å². The van der Waals surface area contributed by atoms with Crippen molar-refractivity contribution in [3.63, 3.8) is 0 Å². The molecule has 4 heteroatoms. The topological polar surface area (TPSA) is 49.6 Å². The molecule has 98 valence electrons. The van der Waals surface area contributed by atoms with E-state index in [0.29, 0.717) is 6.04 Å². The molecule has 0 bridgehead atoms. The molecule has 2 aliphatic rings. The first kappa shape index (κ1) is 12.8. The Hall–Kier alpha value is -0.610. The van der Waals surface area contributed by atoms with Gasteiger partial charge in [-0.3, -0.25) is 4.79 Å². The van der Waals surface area contributed by atoms with Gasteiger partial charge >= 0.3 is 0 Å². The minimum Gasteiger partial charge on any atom is -0.341 e. The molecule has 2 heterocycles. The summed E-state index contributed by atoms with van der Waals surface area (Å²) in [5, 5.41) is 0. The number of hydrogen-bond acceptors (Lipinski definition) is 3. The molecule has 2 aliphatic heterocycles. The fourth-order valence-corrected chi connectivity index (χ4v) is 3.06. The average molecular weight is 239 g/mol. The summed E-state index contributed by atoms with van der Waals surface area (Å²) in [4.78, 5) is 16.4. The molecule has 2 saturated heterocycles. The van der Waals surface area contributed by atoms with Crippen LogP contribution in [0.2, 0.25) is 0 Å². The molecule has 2 rings (SSSR count). The highest BCUT2D eigenvalue weighted by molar-refractivity contribution is 5.81. The number of likely N-dealkylation sites (tertiary alicyclic amines) is 2. The summed E-state index contributed by atoms with van der Waals surface area (Å²) in [6.45, 7) is 6.08. The van der Waals surface area contributed by atoms with Crippen molar-refractivity contribution in [3.8, 4) is 0 Å². The van der Waals surface area contributed by atoms with Crippen LogP contribution in [-0.4, -0.2) is 54.0 Å². The summed E-state index contributed by atoms with van der Waals surface area (Å²) in [6.07, 6.45) is 6.18. The van der Waals surface area contributed by atoms with Crippen LogP contribution in [0.25, 0.3) is 0 Å². The van der Waals surface area contributed by atoms with Gasteiger partial charge < -0.3 is 15.5 Å². The zero-order valence-electron chi connectivity index (χ0n) is 10.9. The normalized spacial score (nSPS) is 29.1. The summed E-state index contributed by atoms with van der Waals surface area (Å²) < 4.78 is 0. The maximum atomic E-state index is 11.9. The van der Waals surface area contributed by atoms with E-state index in [4.69, 9.17) is 5.73 Å². The number of nitrogens with zero attached hydrogens (tertiary/aromatic N) is 2. The molecule has 0 aliphatic carbocycles. The lowest BCUT2D eigenvalue weighted by Crippen LogP contribution is -2.43. The molecule has 0 aromatic heterocycles. The standard InChI is InChI=1S/C13H25N3O/c1-11(14)13(17)16-9-4-5-12(6-10-16)15-7-2-3-8-15/h11-12H,2-10,14H2,1H3/t11-,12?/m1/s1. The monoisotopic (exact) mass is 239 g/mol. The van der Waals surface area contributed by atoms with Crippen molar-refractivity contribution >= 4 is 5.91 Å². The summed E-state index contributed by atoms with van der Waals surface area (Å²) in [7, 11) is 0. The third kappa shape index (κ3) is 3.19. The van der Waals surface area contributed by atoms with Crippen LogP contribution in [0.3, 0.4) is 0 Å². The maximum absolute atomic E-state index is 11.9. The minimum atomic E-state index is -0.349. The second-order valence-corrected chi connectivity index (χ2v) is 5.44. The van der Waals surface area contributed by atoms with Crippen molar-refractivity contribution in [1.29, 1.82) is 0 Å². The van der Waals surface area contributed by atoms with E-state index in [2.05, 4.69) is 4.90 Å². The number of nitrogens with two attached hydrogens (primary N) is 1. The quantitative estimate of drug-likeness (QED) is 0.776. The first-order chi connectivity index (χ1) is 8.18. The van der Waals surface area contributed by atoms with Gasteiger partial charge in [-0.05, 0) is 52.1 Å². The number of rotatable bonds is 2. The summed E-state index contributed by atoms with van der Waals surface area (Å²) in [5.41, 5.74) is 5.67. The summed E-state index contributed by atoms with van der Waals surface area (Å²) in [5.74, 6) is 0.118. The van der Waals surface area contributed by atoms with Crippen molar-refractivity contribution in [1.82, 2.24) is 9.80 Å². The molecule has 0 spiro atoms. The zero-order chi connectivity index (χ0) is 12.3. The Bertz CT molecular complexity index is 261. The van der Waals surface area contributed by atoms with Crippen LogP contribution in [0, 0.1) is 0 Å². The molecule has 1 amide bonds. The van der Waals surface area contributed by atoms with Crippen molar-refractivity contribution < 1.29 is 4.79 Å². The van der Waals surface area contributed by atoms with Crippen molar-refractivity contribution in [2.45, 2.75) is 51.1 Å². The van der Waals surface area contributed by atoms with E-state index in [-0.39, 0.29) is 11.9 Å². The third-order valence-corrected chi connectivity index (χ3v) is 4.06. The lowest BCUT2D eigenvalue weighted by Gasteiger charge is -2.26. The van der Waals surface area contributed by atoms with Crippen LogP contribution in [0.15, 0.2) is 0 Å². The highest BCUT2D eigenvalue weighted by atomic mass is 16.2. The smallest absolute Gasteiger partial charge is 0.239 e. The SMILES string of the molecule is C[C@@H](N)C(=O)N1CCCC(N2CCCC2)CC1. The van der Waals surface area contributed by atoms with Gasteiger partial charge in [-0.1, -0.05) is 0 Å². The average Bonchev–Trinajstić information content (AvgIpc) is 2.73. The number of amides is 1. The van der Waals surface area contributed by atoms with Crippen molar-refractivity contribution in [2.75, 3.05) is 26.2 Å². The molecule has 2 fully saturated rings. The highest BCUT2D eigenvalue weighted by Crippen LogP contribution is 2.21. The van der Waals surface area contributed by atoms with Crippen LogP contribution < -0.4 is 5.73 Å². The molecule has 0 aromatic carbocycles. The highest BCUT2D eigenvalue weighted by Gasteiger charge is 2.26. The Morgan fingerprint density at radius 2 is 1.82 bits per heavy atom. The largest absolute Gasteiger partial charge is 0.341 e. The predicted molar refractivity (Wildman–Crippen MR) is 68.7 cm³/mol. The summed E-state index contributed by atoms with van der Waals surface area (Å²) in [6, 6.07) is 0.349. The van der Waals surface area contributed by atoms with Gasteiger partial charge in [0.25, 0.3) is 0 Å². The van der Waals surface area contributed by atoms with E-state index >= 15 is 0 Å². The zero-order valence-corrected chi connectivity index (χ0v) is 10.9. The molecule has 0 aromatic rings. The first-order valence-electron chi connectivity index (χ1n) is 6.97. The molecule has 2 atom stereocenters. The van der Waals surface area contributed by atoms with E-state index in [9.17, 15) is 4.79 Å². The van der Waals surface area contributed by atoms with E-state index in [1.807, 2.05) is 4.90 Å². The Balaban J connectivity index is 1.86. The second-order valence-electron chi connectivity index (χ2n) is 5.44. The van der Waals surface area contributed by atoms with Gasteiger partial charge in [-0.2, -0.15) is 0 Å². The van der Waals surface area contributed by atoms with Gasteiger partial charge in [0.2, 0.25) is 5.91 Å². The fraction of sp³-hybridized carbons (Fsp3) is 0.923. The third-order valence-electron chi connectivity index (χ3n) is 4.06. The van der Waals surface area contributed by atoms with Crippen LogP contribution in [-0.2, 0) is 4.79 Å². The molecule has 0 radical (unpaired) electrons. The van der Waals surface area contributed by atoms with E-state index < -0.39 is 0 Å². The Morgan fingerprint density at radius 3 is 2.47 bits per heavy atom. The lowest BCUT2D eigenvalue weighted by molar-refractivity contribution is -0.132. The lowest BCUT2D eigenvalue weighted by atomic mass is 10.1. The summed E-state index contributed by atoms with van der Waals surface area (Å²) >= 11 is 0. The van der Waals surface area contributed by atoms with E-state index in [1.165, 1.54) is 32.4 Å². The van der Waals surface area contributed by atoms with Gasteiger partial charge in [0.15, 0.2) is 0 Å². The number of hydrogen-bond donors (Lipinski definition) is 1. The van der Waals surface area contributed by atoms with Gasteiger partial charge in [0, 0.05) is 19.1 Å². The van der Waals surface area contributed by atoms with Gasteiger partial charge in [-0.15, -0.1) is 0 Å². The molecular weight excluding hydrogens is 214 g/mol. The van der Waals surface area contributed by atoms with Gasteiger partial charge in [0.05, 0.1) is 6.04 Å². The van der Waals surface area contributed by atoms with Crippen LogP contribution in [0.1, 0.15) is 39.0 Å². The molecular formula is C13H25N3O. The van der Waals surface area contributed by atoms with Crippen LogP contribution >= 0.6 is 0 Å². The Kier molecular flexibility index (Phi) is 4.40. The minimum absolute atomic E-state index is 0.118. The second kappa shape index (κ2) is 5.83. The Labute approximate surface area is 104 Å². The van der Waals surface area contributed by atoms with Crippen LogP contribution in [0.5, 0.6) is 0 Å². The molecule has 0 saturated carbocycles. The van der Waals surface area contributed by atoms with Gasteiger partial charge in [0.1, 0.15) is 0 Å². The molecule has 1 unspecified atom stereocenters. The first-order valence-corrected chi connectivity index (χ1v) is 6.97. The predicted octanol–water partition coefficient (Wildman–Crippen LogP) is 0.811. The Morgan fingerprint density at radius 1 is 1.12 bits per heavy atom. The molecule has 4 nitrogen and oxygen atoms in total. The maximum Gasteiger partial charge on any atom is 0.239 e. The van der Waals surface area contributed by atoms with Crippen molar-refractivity contribution in [3.05, 3.63) is 0 Å². The van der Waals surface area contributed by atoms with E-state index in [0.717, 1.165) is 25.9 Å².